The minimum atomic E-state index is 0.602. The second-order valence-corrected chi connectivity index (χ2v) is 3.65. The van der Waals surface area contributed by atoms with Crippen molar-refractivity contribution < 1.29 is 0 Å². The van der Waals surface area contributed by atoms with Crippen molar-refractivity contribution in [3.8, 4) is 0 Å². The number of alkyl halides is 2. The fourth-order valence-corrected chi connectivity index (χ4v) is 1.44. The average molecular weight is 248 g/mol. The van der Waals surface area contributed by atoms with E-state index in [1.807, 2.05) is 0 Å². The molecule has 0 aliphatic heterocycles. The Bertz CT molecular complexity index is 40.7. The maximum Gasteiger partial charge on any atom is 0.0250 e. The molecule has 0 aromatic rings. The molecule has 44 valence electrons. The molecule has 0 saturated carbocycles. The average Bonchev–Trinajstić information content (AvgIpc) is 1.68. The molecular formula is C4H8Br2S. The van der Waals surface area contributed by atoms with Crippen LogP contribution < -0.4 is 0 Å². The van der Waals surface area contributed by atoms with Crippen LogP contribution in [0, 0.1) is 0 Å². The number of hydrogen-bond acceptors (Lipinski definition) is 1. The standard InChI is InChI=1S/C4H8Br2S/c5-3-4(6)1-2-7/h4,7H,1-3H2. The Morgan fingerprint density at radius 1 is 1.57 bits per heavy atom. The quantitative estimate of drug-likeness (QED) is 0.575. The highest BCUT2D eigenvalue weighted by atomic mass is 79.9. The Morgan fingerprint density at radius 3 is 2.29 bits per heavy atom. The number of rotatable bonds is 3. The predicted octanol–water partition coefficient (Wildman–Crippen LogP) is 2.46. The van der Waals surface area contributed by atoms with Gasteiger partial charge in [0.2, 0.25) is 0 Å². The van der Waals surface area contributed by atoms with E-state index in [9.17, 15) is 0 Å². The summed E-state index contributed by atoms with van der Waals surface area (Å²) >= 11 is 10.8. The summed E-state index contributed by atoms with van der Waals surface area (Å²) in [6, 6.07) is 0. The highest BCUT2D eigenvalue weighted by Crippen LogP contribution is 2.07. The molecule has 0 fully saturated rings. The number of halogens is 2. The van der Waals surface area contributed by atoms with Crippen molar-refractivity contribution in [2.24, 2.45) is 0 Å². The second kappa shape index (κ2) is 5.45. The van der Waals surface area contributed by atoms with Gasteiger partial charge in [0, 0.05) is 10.2 Å². The molecule has 1 unspecified atom stereocenters. The summed E-state index contributed by atoms with van der Waals surface area (Å²) in [5.41, 5.74) is 0. The Morgan fingerprint density at radius 2 is 2.14 bits per heavy atom. The van der Waals surface area contributed by atoms with E-state index in [1.165, 1.54) is 0 Å². The zero-order valence-corrected chi connectivity index (χ0v) is 7.97. The lowest BCUT2D eigenvalue weighted by Crippen LogP contribution is -1.98. The van der Waals surface area contributed by atoms with Crippen molar-refractivity contribution in [2.45, 2.75) is 11.2 Å². The Hall–Kier alpha value is 1.31. The van der Waals surface area contributed by atoms with Crippen molar-refractivity contribution >= 4 is 44.5 Å². The van der Waals surface area contributed by atoms with Crippen LogP contribution in [0.5, 0.6) is 0 Å². The first-order chi connectivity index (χ1) is 3.31. The fourth-order valence-electron chi connectivity index (χ4n) is 0.217. The van der Waals surface area contributed by atoms with Crippen LogP contribution in [0.4, 0.5) is 0 Å². The van der Waals surface area contributed by atoms with E-state index in [4.69, 9.17) is 0 Å². The molecule has 0 spiro atoms. The highest BCUT2D eigenvalue weighted by Gasteiger charge is 1.96. The maximum absolute atomic E-state index is 4.06. The third kappa shape index (κ3) is 5.18. The summed E-state index contributed by atoms with van der Waals surface area (Å²) in [6.07, 6.45) is 1.13. The first-order valence-corrected chi connectivity index (χ1v) is 4.79. The monoisotopic (exact) mass is 246 g/mol. The van der Waals surface area contributed by atoms with Crippen LogP contribution in [0.1, 0.15) is 6.42 Å². The SMILES string of the molecule is SCCC(Br)CBr. The molecule has 0 N–H and O–H groups in total. The van der Waals surface area contributed by atoms with Crippen molar-refractivity contribution in [2.75, 3.05) is 11.1 Å². The van der Waals surface area contributed by atoms with E-state index in [0.717, 1.165) is 17.5 Å². The summed E-state index contributed by atoms with van der Waals surface area (Å²) in [5, 5.41) is 1.02. The maximum atomic E-state index is 4.06. The molecular weight excluding hydrogens is 240 g/mol. The van der Waals surface area contributed by atoms with Gasteiger partial charge in [-0.15, -0.1) is 0 Å². The molecule has 0 amide bonds. The van der Waals surface area contributed by atoms with E-state index < -0.39 is 0 Å². The Labute approximate surface area is 66.7 Å². The summed E-state index contributed by atoms with van der Waals surface area (Å²) < 4.78 is 0. The van der Waals surface area contributed by atoms with Crippen LogP contribution in [0.2, 0.25) is 0 Å². The van der Waals surface area contributed by atoms with E-state index in [0.29, 0.717) is 4.83 Å². The van der Waals surface area contributed by atoms with Crippen molar-refractivity contribution in [1.29, 1.82) is 0 Å². The molecule has 7 heavy (non-hydrogen) atoms. The highest BCUT2D eigenvalue weighted by molar-refractivity contribution is 9.12. The third-order valence-electron chi connectivity index (χ3n) is 0.610. The normalized spacial score (nSPS) is 14.1. The minimum absolute atomic E-state index is 0.602. The van der Waals surface area contributed by atoms with Gasteiger partial charge in [-0.3, -0.25) is 0 Å². The lowest BCUT2D eigenvalue weighted by atomic mass is 10.4. The molecule has 0 aliphatic carbocycles. The lowest BCUT2D eigenvalue weighted by Gasteiger charge is -1.98. The van der Waals surface area contributed by atoms with Gasteiger partial charge in [-0.05, 0) is 12.2 Å². The van der Waals surface area contributed by atoms with E-state index >= 15 is 0 Å². The van der Waals surface area contributed by atoms with Gasteiger partial charge >= 0.3 is 0 Å². The zero-order valence-electron chi connectivity index (χ0n) is 3.90. The number of thiol groups is 1. The Kier molecular flexibility index (Phi) is 6.47. The van der Waals surface area contributed by atoms with Crippen LogP contribution in [-0.2, 0) is 0 Å². The summed E-state index contributed by atoms with van der Waals surface area (Å²) in [6.45, 7) is 0. The van der Waals surface area contributed by atoms with Crippen molar-refractivity contribution in [3.05, 3.63) is 0 Å². The fraction of sp³-hybridized carbons (Fsp3) is 1.00. The van der Waals surface area contributed by atoms with Gasteiger partial charge in [0.25, 0.3) is 0 Å². The zero-order chi connectivity index (χ0) is 5.70. The topological polar surface area (TPSA) is 0 Å². The summed E-state index contributed by atoms with van der Waals surface area (Å²) in [5.74, 6) is 0.960. The van der Waals surface area contributed by atoms with Crippen LogP contribution >= 0.6 is 44.5 Å². The van der Waals surface area contributed by atoms with Gasteiger partial charge in [0.05, 0.1) is 0 Å². The lowest BCUT2D eigenvalue weighted by molar-refractivity contribution is 0.952. The minimum Gasteiger partial charge on any atom is -0.179 e. The summed E-state index contributed by atoms with van der Waals surface area (Å²) in [4.78, 5) is 0.602. The predicted molar refractivity (Wildman–Crippen MR) is 45.0 cm³/mol. The molecule has 0 rings (SSSR count). The van der Waals surface area contributed by atoms with Crippen LogP contribution in [-0.4, -0.2) is 15.9 Å². The van der Waals surface area contributed by atoms with Gasteiger partial charge < -0.3 is 0 Å². The van der Waals surface area contributed by atoms with E-state index in [-0.39, 0.29) is 0 Å². The summed E-state index contributed by atoms with van der Waals surface area (Å²) in [7, 11) is 0. The molecule has 3 heteroatoms. The molecule has 0 heterocycles. The van der Waals surface area contributed by atoms with Gasteiger partial charge in [-0.25, -0.2) is 0 Å². The molecule has 0 aromatic heterocycles. The largest absolute Gasteiger partial charge is 0.179 e. The van der Waals surface area contributed by atoms with Gasteiger partial charge in [-0.2, -0.15) is 12.6 Å². The first kappa shape index (κ1) is 8.31. The second-order valence-electron chi connectivity index (χ2n) is 1.26. The molecule has 1 atom stereocenters. The molecule has 0 radical (unpaired) electrons. The van der Waals surface area contributed by atoms with E-state index in [1.54, 1.807) is 0 Å². The molecule has 0 bridgehead atoms. The van der Waals surface area contributed by atoms with Gasteiger partial charge in [0.15, 0.2) is 0 Å². The van der Waals surface area contributed by atoms with Crippen LogP contribution in [0.25, 0.3) is 0 Å². The molecule has 0 nitrogen and oxygen atoms in total. The van der Waals surface area contributed by atoms with E-state index in [2.05, 4.69) is 44.5 Å². The smallest absolute Gasteiger partial charge is 0.0250 e. The van der Waals surface area contributed by atoms with Crippen LogP contribution in [0.15, 0.2) is 0 Å². The first-order valence-electron chi connectivity index (χ1n) is 2.12. The van der Waals surface area contributed by atoms with Gasteiger partial charge in [0.1, 0.15) is 0 Å². The molecule has 0 aromatic carbocycles. The molecule has 0 saturated heterocycles. The Balaban J connectivity index is 2.83. The number of hydrogen-bond donors (Lipinski definition) is 1. The molecule has 0 aliphatic rings. The third-order valence-corrected chi connectivity index (χ3v) is 3.30. The van der Waals surface area contributed by atoms with Crippen molar-refractivity contribution in [3.63, 3.8) is 0 Å². The van der Waals surface area contributed by atoms with Crippen molar-refractivity contribution in [1.82, 2.24) is 0 Å². The van der Waals surface area contributed by atoms with Crippen LogP contribution in [0.3, 0.4) is 0 Å². The van der Waals surface area contributed by atoms with Gasteiger partial charge in [-0.1, -0.05) is 31.9 Å².